The van der Waals surface area contributed by atoms with E-state index in [2.05, 4.69) is 15.4 Å². The molecule has 0 saturated carbocycles. The van der Waals surface area contributed by atoms with Crippen LogP contribution in [0.25, 0.3) is 11.1 Å². The van der Waals surface area contributed by atoms with Gasteiger partial charge in [-0.2, -0.15) is 0 Å². The van der Waals surface area contributed by atoms with Crippen molar-refractivity contribution in [3.05, 3.63) is 102 Å². The number of rotatable bonds is 15. The molecule has 3 aromatic carbocycles. The summed E-state index contributed by atoms with van der Waals surface area (Å²) in [5.74, 6) is -1.13. The van der Waals surface area contributed by atoms with Gasteiger partial charge in [0.1, 0.15) is 11.8 Å². The van der Waals surface area contributed by atoms with Crippen molar-refractivity contribution in [3.63, 3.8) is 0 Å². The summed E-state index contributed by atoms with van der Waals surface area (Å²) in [7, 11) is 1.04. The van der Waals surface area contributed by atoms with Crippen molar-refractivity contribution in [1.82, 2.24) is 20.3 Å². The van der Waals surface area contributed by atoms with E-state index < -0.39 is 44.9 Å². The highest BCUT2D eigenvalue weighted by Gasteiger charge is 2.41. The van der Waals surface area contributed by atoms with Gasteiger partial charge in [0.2, 0.25) is 21.8 Å². The highest BCUT2D eigenvalue weighted by molar-refractivity contribution is 7.89. The Labute approximate surface area is 310 Å². The maximum absolute atomic E-state index is 14.3. The van der Waals surface area contributed by atoms with Crippen molar-refractivity contribution in [2.45, 2.75) is 84.7 Å². The zero-order valence-corrected chi connectivity index (χ0v) is 33.2. The lowest BCUT2D eigenvalue weighted by Gasteiger charge is -2.40. The molecule has 0 aliphatic rings. The number of nitrogens with zero attached hydrogens (tertiary/aromatic N) is 1. The largest absolute Gasteiger partial charge is 0.497 e. The monoisotopic (exact) mass is 732 g/mol. The summed E-state index contributed by atoms with van der Waals surface area (Å²) < 4.78 is 32.9. The minimum Gasteiger partial charge on any atom is -0.497 e. The van der Waals surface area contributed by atoms with Gasteiger partial charge in [0.15, 0.2) is 0 Å². The third kappa shape index (κ3) is 10.8. The Bertz CT molecular complexity index is 1810. The minimum atomic E-state index is -3.96. The van der Waals surface area contributed by atoms with E-state index in [0.29, 0.717) is 5.56 Å². The van der Waals surface area contributed by atoms with Crippen molar-refractivity contribution < 1.29 is 27.5 Å². The first-order valence-electron chi connectivity index (χ1n) is 17.5. The quantitative estimate of drug-likeness (QED) is 0.168. The second-order valence-corrected chi connectivity index (χ2v) is 17.0. The number of methoxy groups -OCH3 is 1. The number of ether oxygens (including phenoxy) is 1. The van der Waals surface area contributed by atoms with Crippen LogP contribution in [0.15, 0.2) is 90.5 Å². The van der Waals surface area contributed by atoms with E-state index in [1.165, 1.54) is 11.8 Å². The highest BCUT2D eigenvalue weighted by atomic mass is 32.2. The smallest absolute Gasteiger partial charge is 0.260 e. The molecule has 3 aromatic rings. The van der Waals surface area contributed by atoms with Crippen LogP contribution in [0, 0.1) is 11.3 Å². The SMILES string of the molecule is CNC(C(=O)NC(C(=O)N(C)C(C=C(C)C(=O)NS(=O)(=O)Cc1ccccc1)C(C)C)C(C)(C)C)C(C)(C)c1ccc(-c2ccc(OC)cc2)cc1. The van der Waals surface area contributed by atoms with Crippen molar-refractivity contribution in [1.29, 1.82) is 0 Å². The molecule has 0 fully saturated rings. The predicted molar refractivity (Wildman–Crippen MR) is 208 cm³/mol. The van der Waals surface area contributed by atoms with Crippen molar-refractivity contribution in [3.8, 4) is 16.9 Å². The lowest BCUT2D eigenvalue weighted by atomic mass is 9.76. The fourth-order valence-corrected chi connectivity index (χ4v) is 7.37. The fourth-order valence-electron chi connectivity index (χ4n) is 6.22. The molecule has 0 heterocycles. The summed E-state index contributed by atoms with van der Waals surface area (Å²) >= 11 is 0. The Morgan fingerprint density at radius 1 is 0.846 bits per heavy atom. The molecule has 3 amide bonds. The van der Waals surface area contributed by atoms with Gasteiger partial charge < -0.3 is 20.3 Å². The summed E-state index contributed by atoms with van der Waals surface area (Å²) in [5.41, 5.74) is 2.39. The van der Waals surface area contributed by atoms with Gasteiger partial charge in [-0.3, -0.25) is 14.4 Å². The minimum absolute atomic E-state index is 0.140. The standard InChI is InChI=1S/C41H56N4O6S/c1-27(2)34(25-28(3)37(46)44-52(49,50)26-29-15-13-12-14-16-29)45(10)39(48)36(40(4,5)6)43-38(47)35(42-9)41(7,8)32-21-17-30(18-22-32)31-19-23-33(51-11)24-20-31/h12-25,27,34-36,42H,26H2,1-11H3,(H,43,47)(H,44,46). The van der Waals surface area contributed by atoms with E-state index >= 15 is 0 Å². The molecule has 0 spiro atoms. The van der Waals surface area contributed by atoms with Crippen LogP contribution in [-0.4, -0.2) is 70.4 Å². The molecule has 10 nitrogen and oxygen atoms in total. The molecule has 3 atom stereocenters. The Morgan fingerprint density at radius 2 is 1.38 bits per heavy atom. The first kappa shape index (κ1) is 41.9. The van der Waals surface area contributed by atoms with Gasteiger partial charge in [0, 0.05) is 18.0 Å². The highest BCUT2D eigenvalue weighted by Crippen LogP contribution is 2.31. The van der Waals surface area contributed by atoms with Crippen molar-refractivity contribution >= 4 is 27.7 Å². The molecule has 0 aliphatic carbocycles. The average Bonchev–Trinajstić information content (AvgIpc) is 3.08. The van der Waals surface area contributed by atoms with Gasteiger partial charge in [-0.15, -0.1) is 0 Å². The zero-order chi connectivity index (χ0) is 39.0. The molecular weight excluding hydrogens is 677 g/mol. The topological polar surface area (TPSA) is 134 Å². The maximum Gasteiger partial charge on any atom is 0.260 e. The number of benzene rings is 3. The van der Waals surface area contributed by atoms with Crippen LogP contribution in [-0.2, 0) is 35.6 Å². The first-order chi connectivity index (χ1) is 24.2. The Hall–Kier alpha value is -4.48. The van der Waals surface area contributed by atoms with Crippen molar-refractivity contribution in [2.24, 2.45) is 11.3 Å². The second-order valence-electron chi connectivity index (χ2n) is 15.3. The average molecular weight is 733 g/mol. The summed E-state index contributed by atoms with van der Waals surface area (Å²) in [4.78, 5) is 42.9. The van der Waals surface area contributed by atoms with Crippen molar-refractivity contribution in [2.75, 3.05) is 21.2 Å². The summed E-state index contributed by atoms with van der Waals surface area (Å²) in [6.45, 7) is 15.0. The lowest BCUT2D eigenvalue weighted by Crippen LogP contribution is -2.61. The number of hydrogen-bond donors (Lipinski definition) is 3. The molecule has 3 unspecified atom stereocenters. The first-order valence-corrected chi connectivity index (χ1v) is 19.1. The summed E-state index contributed by atoms with van der Waals surface area (Å²) in [6, 6.07) is 22.3. The van der Waals surface area contributed by atoms with Gasteiger partial charge in [0.25, 0.3) is 5.91 Å². The lowest BCUT2D eigenvalue weighted by molar-refractivity contribution is -0.140. The number of amides is 3. The molecule has 0 aromatic heterocycles. The molecule has 0 saturated heterocycles. The molecule has 3 N–H and O–H groups in total. The molecule has 3 rings (SSSR count). The number of carbonyl (C=O) groups is 3. The zero-order valence-electron chi connectivity index (χ0n) is 32.4. The number of nitrogens with one attached hydrogen (secondary N) is 3. The molecule has 0 bridgehead atoms. The van der Waals surface area contributed by atoms with E-state index in [1.807, 2.05) is 97.0 Å². The van der Waals surface area contributed by atoms with Crippen LogP contribution in [0.2, 0.25) is 0 Å². The Kier molecular flexibility index (Phi) is 14.0. The third-order valence-electron chi connectivity index (χ3n) is 9.43. The maximum atomic E-state index is 14.3. The summed E-state index contributed by atoms with van der Waals surface area (Å²) in [5, 5.41) is 6.24. The number of carbonyl (C=O) groups excluding carboxylic acids is 3. The molecule has 11 heteroatoms. The number of hydrogen-bond acceptors (Lipinski definition) is 7. The molecule has 282 valence electrons. The summed E-state index contributed by atoms with van der Waals surface area (Å²) in [6.07, 6.45) is 1.60. The number of sulfonamides is 1. The second kappa shape index (κ2) is 17.4. The fraction of sp³-hybridized carbons (Fsp3) is 0.439. The van der Waals surface area contributed by atoms with Crippen LogP contribution < -0.4 is 20.1 Å². The van der Waals surface area contributed by atoms with Crippen LogP contribution in [0.3, 0.4) is 0 Å². The van der Waals surface area contributed by atoms with E-state index in [9.17, 15) is 22.8 Å². The predicted octanol–water partition coefficient (Wildman–Crippen LogP) is 5.83. The normalized spacial score (nSPS) is 14.3. The van der Waals surface area contributed by atoms with Gasteiger partial charge in [-0.1, -0.05) is 121 Å². The van der Waals surface area contributed by atoms with Crippen LogP contribution in [0.5, 0.6) is 5.75 Å². The Morgan fingerprint density at radius 3 is 1.87 bits per heavy atom. The van der Waals surface area contributed by atoms with E-state index in [1.54, 1.807) is 57.6 Å². The van der Waals surface area contributed by atoms with Gasteiger partial charge in [0.05, 0.1) is 24.9 Å². The molecular formula is C41H56N4O6S. The molecule has 0 aliphatic heterocycles. The van der Waals surface area contributed by atoms with Crippen LogP contribution >= 0.6 is 0 Å². The van der Waals surface area contributed by atoms with Gasteiger partial charge in [-0.25, -0.2) is 13.1 Å². The van der Waals surface area contributed by atoms with E-state index in [-0.39, 0.29) is 29.1 Å². The van der Waals surface area contributed by atoms with Gasteiger partial charge >= 0.3 is 0 Å². The molecule has 52 heavy (non-hydrogen) atoms. The van der Waals surface area contributed by atoms with Crippen LogP contribution in [0.1, 0.15) is 66.5 Å². The molecule has 0 radical (unpaired) electrons. The van der Waals surface area contributed by atoms with E-state index in [4.69, 9.17) is 4.74 Å². The van der Waals surface area contributed by atoms with E-state index in [0.717, 1.165) is 22.4 Å². The third-order valence-corrected chi connectivity index (χ3v) is 10.6. The Balaban J connectivity index is 1.81. The van der Waals surface area contributed by atoms with Crippen LogP contribution in [0.4, 0.5) is 0 Å². The van der Waals surface area contributed by atoms with Gasteiger partial charge in [-0.05, 0) is 59.7 Å². The number of likely N-dealkylation sites (N-methyl/N-ethyl adjacent to an activating group) is 2.